The highest BCUT2D eigenvalue weighted by molar-refractivity contribution is 5.98. The van der Waals surface area contributed by atoms with E-state index in [4.69, 9.17) is 9.47 Å². The first-order valence-electron chi connectivity index (χ1n) is 14.4. The van der Waals surface area contributed by atoms with E-state index in [-0.39, 0.29) is 29.9 Å². The average Bonchev–Trinajstić information content (AvgIpc) is 2.98. The molecule has 0 bridgehead atoms. The van der Waals surface area contributed by atoms with Crippen molar-refractivity contribution in [3.63, 3.8) is 0 Å². The molecule has 1 aliphatic heterocycles. The number of rotatable bonds is 7. The minimum absolute atomic E-state index is 0.0452. The summed E-state index contributed by atoms with van der Waals surface area (Å²) in [6.07, 6.45) is 2.86. The third-order valence-electron chi connectivity index (χ3n) is 7.64. The van der Waals surface area contributed by atoms with E-state index >= 15 is 0 Å². The molecule has 0 fully saturated rings. The Bertz CT molecular complexity index is 1300. The lowest BCUT2D eigenvalue weighted by atomic mass is 10.0. The molecule has 3 atom stereocenters. The van der Waals surface area contributed by atoms with Crippen molar-refractivity contribution in [1.29, 1.82) is 0 Å². The fourth-order valence-electron chi connectivity index (χ4n) is 5.14. The van der Waals surface area contributed by atoms with Crippen LogP contribution in [0.1, 0.15) is 49.5 Å². The summed E-state index contributed by atoms with van der Waals surface area (Å²) in [5.41, 5.74) is 4.31. The van der Waals surface area contributed by atoms with Gasteiger partial charge in [0.1, 0.15) is 12.4 Å². The quantitative estimate of drug-likeness (QED) is 0.413. The largest absolute Gasteiger partial charge is 0.491 e. The van der Waals surface area contributed by atoms with Crippen LogP contribution in [0.2, 0.25) is 0 Å². The number of aromatic nitrogens is 1. The minimum Gasteiger partial charge on any atom is -0.491 e. The van der Waals surface area contributed by atoms with Gasteiger partial charge >= 0.3 is 0 Å². The number of ether oxygens (including phenoxy) is 2. The number of nitrogens with zero attached hydrogens (tertiary/aromatic N) is 3. The lowest BCUT2D eigenvalue weighted by molar-refractivity contribution is -0.116. The topological polar surface area (TPSA) is 84.0 Å². The molecule has 2 aromatic carbocycles. The molecule has 0 spiro atoms. The van der Waals surface area contributed by atoms with E-state index < -0.39 is 0 Å². The number of carbonyl (C=O) groups is 2. The van der Waals surface area contributed by atoms with Gasteiger partial charge in [-0.05, 0) is 49.1 Å². The van der Waals surface area contributed by atoms with E-state index in [0.29, 0.717) is 36.6 Å². The number of benzene rings is 2. The zero-order valence-electron chi connectivity index (χ0n) is 24.8. The van der Waals surface area contributed by atoms with Gasteiger partial charge in [-0.1, -0.05) is 44.2 Å². The van der Waals surface area contributed by atoms with Gasteiger partial charge in [0, 0.05) is 69.8 Å². The summed E-state index contributed by atoms with van der Waals surface area (Å²) in [4.78, 5) is 34.2. The number of hydrogen-bond acceptors (Lipinski definition) is 6. The molecule has 218 valence electrons. The van der Waals surface area contributed by atoms with Crippen molar-refractivity contribution in [2.24, 2.45) is 5.92 Å². The van der Waals surface area contributed by atoms with Crippen LogP contribution in [0, 0.1) is 5.92 Å². The highest BCUT2D eigenvalue weighted by Crippen LogP contribution is 2.27. The molecule has 8 heteroatoms. The van der Waals surface area contributed by atoms with Crippen LogP contribution in [0.3, 0.4) is 0 Å². The Morgan fingerprint density at radius 3 is 2.56 bits per heavy atom. The summed E-state index contributed by atoms with van der Waals surface area (Å²) in [5.74, 6) is 0.430. The zero-order chi connectivity index (χ0) is 29.4. The molecule has 41 heavy (non-hydrogen) atoms. The first-order chi connectivity index (χ1) is 19.8. The Hall–Kier alpha value is -3.75. The second kappa shape index (κ2) is 14.2. The molecule has 2 heterocycles. The van der Waals surface area contributed by atoms with E-state index in [1.165, 1.54) is 5.56 Å². The first-order valence-corrected chi connectivity index (χ1v) is 14.4. The molecular formula is C33H42N4O4. The van der Waals surface area contributed by atoms with E-state index in [2.05, 4.69) is 53.3 Å². The summed E-state index contributed by atoms with van der Waals surface area (Å²) in [6.45, 7) is 8.62. The number of methoxy groups -OCH3 is 1. The van der Waals surface area contributed by atoms with Gasteiger partial charge in [-0.15, -0.1) is 0 Å². The molecule has 0 aliphatic carbocycles. The summed E-state index contributed by atoms with van der Waals surface area (Å²) in [5, 5.41) is 2.92. The Balaban J connectivity index is 1.59. The van der Waals surface area contributed by atoms with Gasteiger partial charge in [0.25, 0.3) is 5.91 Å². The maximum absolute atomic E-state index is 13.5. The van der Waals surface area contributed by atoms with Gasteiger partial charge in [-0.25, -0.2) is 0 Å². The van der Waals surface area contributed by atoms with Crippen molar-refractivity contribution in [2.75, 3.05) is 39.2 Å². The van der Waals surface area contributed by atoms with Gasteiger partial charge in [0.15, 0.2) is 0 Å². The number of likely N-dealkylation sites (N-methyl/N-ethyl adjacent to an activating group) is 1. The molecule has 8 nitrogen and oxygen atoms in total. The molecule has 0 saturated heterocycles. The number of hydrogen-bond donors (Lipinski definition) is 1. The summed E-state index contributed by atoms with van der Waals surface area (Å²) >= 11 is 0. The second-order valence-corrected chi connectivity index (χ2v) is 10.9. The normalized spacial score (nSPS) is 20.4. The van der Waals surface area contributed by atoms with Crippen LogP contribution in [0.25, 0.3) is 11.3 Å². The molecule has 0 unspecified atom stereocenters. The molecule has 2 amide bonds. The molecule has 0 radical (unpaired) electrons. The van der Waals surface area contributed by atoms with E-state index in [1.807, 2.05) is 25.1 Å². The maximum atomic E-state index is 13.5. The standard InChI is InChI=1S/C33H42N4O4/c1-6-9-32(38)35-27-15-16-28-30(18-27)41-22-24(3)37(19-23(2)31(40-5)21-36(4)33(28)39)20-25-11-13-26(14-12-25)29-10-7-8-17-34-29/h7-8,10-18,23-24,31H,6,9,19-22H2,1-5H3,(H,35,38)/t23-,24+,31+/m1/s1. The number of amides is 2. The Labute approximate surface area is 243 Å². The summed E-state index contributed by atoms with van der Waals surface area (Å²) in [6, 6.07) is 19.7. The van der Waals surface area contributed by atoms with Crippen molar-refractivity contribution >= 4 is 17.5 Å². The number of anilines is 1. The third kappa shape index (κ3) is 7.93. The zero-order valence-corrected chi connectivity index (χ0v) is 24.8. The molecule has 3 aromatic rings. The summed E-state index contributed by atoms with van der Waals surface area (Å²) < 4.78 is 12.2. The van der Waals surface area contributed by atoms with Crippen LogP contribution in [-0.2, 0) is 16.1 Å². The molecule has 1 aromatic heterocycles. The SMILES string of the molecule is CCCC(=O)Nc1ccc2c(c1)OC[C@H](C)N(Cc1ccc(-c3ccccn3)cc1)C[C@@H](C)[C@@H](OC)CN(C)C2=O. The first kappa shape index (κ1) is 30.2. The van der Waals surface area contributed by atoms with E-state index in [9.17, 15) is 9.59 Å². The predicted octanol–water partition coefficient (Wildman–Crippen LogP) is 5.49. The van der Waals surface area contributed by atoms with Gasteiger partial charge in [-0.3, -0.25) is 19.5 Å². The van der Waals surface area contributed by atoms with Gasteiger partial charge in [-0.2, -0.15) is 0 Å². The second-order valence-electron chi connectivity index (χ2n) is 10.9. The van der Waals surface area contributed by atoms with Crippen molar-refractivity contribution in [1.82, 2.24) is 14.8 Å². The smallest absolute Gasteiger partial charge is 0.257 e. The predicted molar refractivity (Wildman–Crippen MR) is 162 cm³/mol. The molecule has 1 N–H and O–H groups in total. The Morgan fingerprint density at radius 2 is 1.88 bits per heavy atom. The molecule has 0 saturated carbocycles. The van der Waals surface area contributed by atoms with Gasteiger partial charge < -0.3 is 19.7 Å². The minimum atomic E-state index is -0.140. The number of nitrogens with one attached hydrogen (secondary N) is 1. The Kier molecular flexibility index (Phi) is 10.5. The number of carbonyl (C=O) groups excluding carboxylic acids is 2. The monoisotopic (exact) mass is 558 g/mol. The van der Waals surface area contributed by atoms with Crippen molar-refractivity contribution in [3.8, 4) is 17.0 Å². The van der Waals surface area contributed by atoms with Crippen LogP contribution in [0.5, 0.6) is 5.75 Å². The highest BCUT2D eigenvalue weighted by Gasteiger charge is 2.28. The van der Waals surface area contributed by atoms with Crippen LogP contribution < -0.4 is 10.1 Å². The van der Waals surface area contributed by atoms with Gasteiger partial charge in [0.05, 0.1) is 17.4 Å². The lowest BCUT2D eigenvalue weighted by Crippen LogP contribution is -2.46. The summed E-state index contributed by atoms with van der Waals surface area (Å²) in [7, 11) is 3.49. The lowest BCUT2D eigenvalue weighted by Gasteiger charge is -2.36. The van der Waals surface area contributed by atoms with Crippen molar-refractivity contribution in [3.05, 3.63) is 78.0 Å². The molecule has 4 rings (SSSR count). The maximum Gasteiger partial charge on any atom is 0.257 e. The molecular weight excluding hydrogens is 516 g/mol. The molecule has 1 aliphatic rings. The fourth-order valence-corrected chi connectivity index (χ4v) is 5.14. The van der Waals surface area contributed by atoms with E-state index in [0.717, 1.165) is 30.8 Å². The van der Waals surface area contributed by atoms with Crippen molar-refractivity contribution in [2.45, 2.75) is 52.3 Å². The van der Waals surface area contributed by atoms with Crippen LogP contribution >= 0.6 is 0 Å². The number of fused-ring (bicyclic) bond motifs is 1. The highest BCUT2D eigenvalue weighted by atomic mass is 16.5. The van der Waals surface area contributed by atoms with Crippen LogP contribution in [-0.4, -0.2) is 72.6 Å². The third-order valence-corrected chi connectivity index (χ3v) is 7.64. The fraction of sp³-hybridized carbons (Fsp3) is 0.424. The van der Waals surface area contributed by atoms with Crippen LogP contribution in [0.4, 0.5) is 5.69 Å². The van der Waals surface area contributed by atoms with Crippen molar-refractivity contribution < 1.29 is 19.1 Å². The van der Waals surface area contributed by atoms with Crippen LogP contribution in [0.15, 0.2) is 66.9 Å². The van der Waals surface area contributed by atoms with E-state index in [1.54, 1.807) is 43.5 Å². The Morgan fingerprint density at radius 1 is 1.10 bits per heavy atom. The van der Waals surface area contributed by atoms with Gasteiger partial charge in [0.2, 0.25) is 5.91 Å². The average molecular weight is 559 g/mol. The number of pyridine rings is 1.